The first-order chi connectivity index (χ1) is 13.0. The third-order valence-electron chi connectivity index (χ3n) is 4.83. The van der Waals surface area contributed by atoms with Gasteiger partial charge >= 0.3 is 0 Å². The Hall–Kier alpha value is -3.27. The number of aromatic nitrogens is 2. The third-order valence-corrected chi connectivity index (χ3v) is 4.83. The van der Waals surface area contributed by atoms with Gasteiger partial charge in [-0.2, -0.15) is 0 Å². The molecule has 2 aromatic heterocycles. The van der Waals surface area contributed by atoms with E-state index in [9.17, 15) is 0 Å². The van der Waals surface area contributed by atoms with E-state index in [1.54, 1.807) is 0 Å². The normalized spacial score (nSPS) is 11.6. The minimum Gasteiger partial charge on any atom is -0.283 e. The zero-order valence-electron chi connectivity index (χ0n) is 16.1. The van der Waals surface area contributed by atoms with E-state index in [2.05, 4.69) is 68.3 Å². The molecule has 0 amide bonds. The highest BCUT2D eigenvalue weighted by molar-refractivity contribution is 5.76. The van der Waals surface area contributed by atoms with Crippen LogP contribution in [0.2, 0.25) is 0 Å². The molecule has 2 heterocycles. The Morgan fingerprint density at radius 3 is 2.30 bits per heavy atom. The van der Waals surface area contributed by atoms with Crippen molar-refractivity contribution in [3.8, 4) is 11.3 Å². The summed E-state index contributed by atoms with van der Waals surface area (Å²) in [6.45, 7) is 8.32. The van der Waals surface area contributed by atoms with Crippen molar-refractivity contribution in [3.05, 3.63) is 83.0 Å². The van der Waals surface area contributed by atoms with Crippen LogP contribution in [-0.4, -0.2) is 9.38 Å². The molecule has 0 saturated heterocycles. The number of aryl methyl sites for hydroxylation is 4. The standard InChI is InChI=1S/C23H22N4/c1-15-11-12-19(18(4)14-15)22-23(27-13-6-5-10-20(27)24-22)26-25-21-16(2)8-7-9-17(21)3/h5-14H,1-4H3. The molecule has 0 N–H and O–H groups in total. The minimum atomic E-state index is 0.750. The van der Waals surface area contributed by atoms with Gasteiger partial charge in [-0.15, -0.1) is 10.2 Å². The Morgan fingerprint density at radius 2 is 1.56 bits per heavy atom. The van der Waals surface area contributed by atoms with E-state index < -0.39 is 0 Å². The van der Waals surface area contributed by atoms with Crippen molar-refractivity contribution in [1.29, 1.82) is 0 Å². The van der Waals surface area contributed by atoms with E-state index in [1.165, 1.54) is 11.1 Å². The number of hydrogen-bond acceptors (Lipinski definition) is 3. The second-order valence-electron chi connectivity index (χ2n) is 6.97. The van der Waals surface area contributed by atoms with Gasteiger partial charge in [-0.05, 0) is 56.5 Å². The molecule has 0 radical (unpaired) electrons. The number of nitrogens with zero attached hydrogens (tertiary/aromatic N) is 4. The van der Waals surface area contributed by atoms with Crippen molar-refractivity contribution in [2.24, 2.45) is 10.2 Å². The Bertz CT molecular complexity index is 1150. The second kappa shape index (κ2) is 6.80. The van der Waals surface area contributed by atoms with Gasteiger partial charge in [-0.3, -0.25) is 4.40 Å². The maximum atomic E-state index is 4.84. The largest absolute Gasteiger partial charge is 0.283 e. The highest BCUT2D eigenvalue weighted by Crippen LogP contribution is 2.35. The molecule has 134 valence electrons. The van der Waals surface area contributed by atoms with Gasteiger partial charge in [-0.1, -0.05) is 48.0 Å². The average Bonchev–Trinajstić information content (AvgIpc) is 3.00. The Balaban J connectivity index is 1.92. The molecule has 0 aliphatic heterocycles. The van der Waals surface area contributed by atoms with E-state index in [4.69, 9.17) is 4.98 Å². The molecule has 0 spiro atoms. The van der Waals surface area contributed by atoms with Crippen molar-refractivity contribution in [3.63, 3.8) is 0 Å². The first-order valence-electron chi connectivity index (χ1n) is 9.07. The van der Waals surface area contributed by atoms with Gasteiger partial charge in [0.2, 0.25) is 0 Å². The quantitative estimate of drug-likeness (QED) is 0.380. The first kappa shape index (κ1) is 17.2. The number of hydrogen-bond donors (Lipinski definition) is 0. The number of pyridine rings is 1. The van der Waals surface area contributed by atoms with Gasteiger partial charge in [0, 0.05) is 11.8 Å². The summed E-state index contributed by atoms with van der Waals surface area (Å²) >= 11 is 0. The van der Waals surface area contributed by atoms with E-state index in [1.807, 2.05) is 34.9 Å². The summed E-state index contributed by atoms with van der Waals surface area (Å²) in [7, 11) is 0. The number of benzene rings is 2. The van der Waals surface area contributed by atoms with Crippen LogP contribution < -0.4 is 0 Å². The van der Waals surface area contributed by atoms with Crippen molar-refractivity contribution >= 4 is 17.2 Å². The lowest BCUT2D eigenvalue weighted by Gasteiger charge is -2.06. The molecule has 0 fully saturated rings. The van der Waals surface area contributed by atoms with E-state index >= 15 is 0 Å². The lowest BCUT2D eigenvalue weighted by Crippen LogP contribution is -1.86. The second-order valence-corrected chi connectivity index (χ2v) is 6.97. The molecule has 0 unspecified atom stereocenters. The molecule has 2 aromatic carbocycles. The van der Waals surface area contributed by atoms with Gasteiger partial charge in [0.05, 0.1) is 5.69 Å². The summed E-state index contributed by atoms with van der Waals surface area (Å²) in [5.74, 6) is 0.750. The summed E-state index contributed by atoms with van der Waals surface area (Å²) in [6.07, 6.45) is 1.98. The van der Waals surface area contributed by atoms with E-state index in [-0.39, 0.29) is 0 Å². The summed E-state index contributed by atoms with van der Waals surface area (Å²) in [6, 6.07) is 18.5. The van der Waals surface area contributed by atoms with Gasteiger partial charge in [0.15, 0.2) is 5.82 Å². The first-order valence-corrected chi connectivity index (χ1v) is 9.07. The van der Waals surface area contributed by atoms with Gasteiger partial charge < -0.3 is 0 Å². The van der Waals surface area contributed by atoms with Crippen LogP contribution in [0.4, 0.5) is 11.5 Å². The summed E-state index contributed by atoms with van der Waals surface area (Å²) in [5, 5.41) is 9.25. The number of rotatable bonds is 3. The minimum absolute atomic E-state index is 0.750. The number of azo groups is 1. The molecule has 27 heavy (non-hydrogen) atoms. The lowest BCUT2D eigenvalue weighted by atomic mass is 10.0. The fourth-order valence-electron chi connectivity index (χ4n) is 3.40. The smallest absolute Gasteiger partial charge is 0.187 e. The van der Waals surface area contributed by atoms with Crippen LogP contribution in [0.1, 0.15) is 22.3 Å². The summed E-state index contributed by atoms with van der Waals surface area (Å²) in [4.78, 5) is 4.84. The highest BCUT2D eigenvalue weighted by Gasteiger charge is 2.16. The van der Waals surface area contributed by atoms with E-state index in [0.717, 1.165) is 39.5 Å². The Kier molecular flexibility index (Phi) is 4.32. The monoisotopic (exact) mass is 354 g/mol. The van der Waals surface area contributed by atoms with Crippen molar-refractivity contribution in [2.45, 2.75) is 27.7 Å². The summed E-state index contributed by atoms with van der Waals surface area (Å²) in [5.41, 5.74) is 8.35. The van der Waals surface area contributed by atoms with Gasteiger partial charge in [0.25, 0.3) is 0 Å². The molecule has 0 saturated carbocycles. The molecule has 4 heteroatoms. The highest BCUT2D eigenvalue weighted by atomic mass is 15.2. The molecular formula is C23H22N4. The molecule has 0 aliphatic rings. The number of imidazole rings is 1. The number of fused-ring (bicyclic) bond motifs is 1. The SMILES string of the molecule is Cc1ccc(-c2nc3ccccn3c2N=Nc2c(C)cccc2C)c(C)c1. The third kappa shape index (κ3) is 3.14. The van der Waals surface area contributed by atoms with Crippen molar-refractivity contribution in [1.82, 2.24) is 9.38 Å². The van der Waals surface area contributed by atoms with Crippen LogP contribution in [0.5, 0.6) is 0 Å². The zero-order valence-corrected chi connectivity index (χ0v) is 16.1. The average molecular weight is 354 g/mol. The predicted molar refractivity (Wildman–Crippen MR) is 110 cm³/mol. The molecule has 0 aliphatic carbocycles. The van der Waals surface area contributed by atoms with Gasteiger partial charge in [-0.25, -0.2) is 4.98 Å². The zero-order chi connectivity index (χ0) is 19.0. The van der Waals surface area contributed by atoms with Crippen LogP contribution in [0.3, 0.4) is 0 Å². The summed E-state index contributed by atoms with van der Waals surface area (Å²) < 4.78 is 1.99. The molecule has 0 atom stereocenters. The van der Waals surface area contributed by atoms with Crippen LogP contribution in [0.25, 0.3) is 16.9 Å². The Morgan fingerprint density at radius 1 is 0.778 bits per heavy atom. The maximum Gasteiger partial charge on any atom is 0.187 e. The van der Waals surface area contributed by atoms with E-state index in [0.29, 0.717) is 0 Å². The predicted octanol–water partition coefficient (Wildman–Crippen LogP) is 6.65. The van der Waals surface area contributed by atoms with Crippen LogP contribution in [-0.2, 0) is 0 Å². The van der Waals surface area contributed by atoms with Crippen LogP contribution in [0.15, 0.2) is 71.0 Å². The molecule has 4 aromatic rings. The maximum absolute atomic E-state index is 4.84. The fourth-order valence-corrected chi connectivity index (χ4v) is 3.40. The Labute approximate surface area is 159 Å². The lowest BCUT2D eigenvalue weighted by molar-refractivity contribution is 1.09. The molecule has 0 bridgehead atoms. The molecule has 4 nitrogen and oxygen atoms in total. The van der Waals surface area contributed by atoms with Crippen LogP contribution >= 0.6 is 0 Å². The molecule has 4 rings (SSSR count). The van der Waals surface area contributed by atoms with Gasteiger partial charge in [0.1, 0.15) is 11.3 Å². The topological polar surface area (TPSA) is 42.0 Å². The molecular weight excluding hydrogens is 332 g/mol. The van der Waals surface area contributed by atoms with Crippen molar-refractivity contribution < 1.29 is 0 Å². The van der Waals surface area contributed by atoms with Crippen LogP contribution in [0, 0.1) is 27.7 Å². The van der Waals surface area contributed by atoms with Crippen molar-refractivity contribution in [2.75, 3.05) is 0 Å². The fraction of sp³-hybridized carbons (Fsp3) is 0.174.